The maximum absolute atomic E-state index is 8.76. The predicted molar refractivity (Wildman–Crippen MR) is 60.2 cm³/mol. The van der Waals surface area contributed by atoms with Crippen molar-refractivity contribution in [1.29, 1.82) is 5.26 Å². The number of aryl methyl sites for hydroxylation is 1. The SMILES string of the molecule is C#CCCCNc1cc(C#N)cc(C)n1. The van der Waals surface area contributed by atoms with Crippen LogP contribution in [0.25, 0.3) is 0 Å². The van der Waals surface area contributed by atoms with Gasteiger partial charge in [0.1, 0.15) is 5.82 Å². The smallest absolute Gasteiger partial charge is 0.127 e. The van der Waals surface area contributed by atoms with Crippen LogP contribution in [0.3, 0.4) is 0 Å². The minimum absolute atomic E-state index is 0.627. The summed E-state index contributed by atoms with van der Waals surface area (Å²) in [5.74, 6) is 3.31. The third kappa shape index (κ3) is 3.70. The van der Waals surface area contributed by atoms with Crippen molar-refractivity contribution in [3.05, 3.63) is 23.4 Å². The molecule has 15 heavy (non-hydrogen) atoms. The summed E-state index contributed by atoms with van der Waals surface area (Å²) in [6.07, 6.45) is 6.81. The number of hydrogen-bond donors (Lipinski definition) is 1. The summed E-state index contributed by atoms with van der Waals surface area (Å²) in [5, 5.41) is 11.9. The van der Waals surface area contributed by atoms with E-state index in [1.807, 2.05) is 6.92 Å². The van der Waals surface area contributed by atoms with Crippen molar-refractivity contribution < 1.29 is 0 Å². The van der Waals surface area contributed by atoms with Crippen LogP contribution in [0.1, 0.15) is 24.1 Å². The van der Waals surface area contributed by atoms with Crippen LogP contribution in [-0.2, 0) is 0 Å². The van der Waals surface area contributed by atoms with Crippen LogP contribution >= 0.6 is 0 Å². The fourth-order valence-corrected chi connectivity index (χ4v) is 1.23. The predicted octanol–water partition coefficient (Wildman–Crippen LogP) is 2.09. The highest BCUT2D eigenvalue weighted by Gasteiger charge is 1.98. The van der Waals surface area contributed by atoms with Gasteiger partial charge in [0.05, 0.1) is 11.6 Å². The van der Waals surface area contributed by atoms with Crippen LogP contribution < -0.4 is 5.32 Å². The van der Waals surface area contributed by atoms with E-state index in [9.17, 15) is 0 Å². The van der Waals surface area contributed by atoms with Gasteiger partial charge in [-0.3, -0.25) is 0 Å². The van der Waals surface area contributed by atoms with E-state index in [-0.39, 0.29) is 0 Å². The highest BCUT2D eigenvalue weighted by atomic mass is 15.0. The Balaban J connectivity index is 2.58. The zero-order valence-corrected chi connectivity index (χ0v) is 8.75. The molecule has 0 bridgehead atoms. The highest BCUT2D eigenvalue weighted by molar-refractivity contribution is 5.44. The number of nitrogens with one attached hydrogen (secondary N) is 1. The van der Waals surface area contributed by atoms with E-state index >= 15 is 0 Å². The lowest BCUT2D eigenvalue weighted by molar-refractivity contribution is 0.899. The zero-order chi connectivity index (χ0) is 11.1. The average molecular weight is 199 g/mol. The van der Waals surface area contributed by atoms with E-state index in [0.717, 1.165) is 30.9 Å². The van der Waals surface area contributed by atoms with Crippen molar-refractivity contribution >= 4 is 5.82 Å². The molecule has 1 rings (SSSR count). The van der Waals surface area contributed by atoms with Gasteiger partial charge in [0.15, 0.2) is 0 Å². The minimum atomic E-state index is 0.627. The van der Waals surface area contributed by atoms with Crippen LogP contribution in [0.15, 0.2) is 12.1 Å². The number of rotatable bonds is 4. The zero-order valence-electron chi connectivity index (χ0n) is 8.75. The number of unbranched alkanes of at least 4 members (excludes halogenated alkanes) is 1. The van der Waals surface area contributed by atoms with Gasteiger partial charge < -0.3 is 5.32 Å². The number of pyridine rings is 1. The second-order valence-corrected chi connectivity index (χ2v) is 3.23. The standard InChI is InChI=1S/C12H13N3/c1-3-4-5-6-14-12-8-11(9-13)7-10(2)15-12/h1,7-8H,4-6H2,2H3,(H,14,15). The van der Waals surface area contributed by atoms with Gasteiger partial charge in [0.25, 0.3) is 0 Å². The molecule has 0 aliphatic rings. The molecule has 0 aliphatic carbocycles. The Kier molecular flexibility index (Phi) is 4.19. The Hall–Kier alpha value is -2.00. The number of terminal acetylenes is 1. The van der Waals surface area contributed by atoms with Crippen LogP contribution in [0.2, 0.25) is 0 Å². The van der Waals surface area contributed by atoms with E-state index in [1.165, 1.54) is 0 Å². The summed E-state index contributed by atoms with van der Waals surface area (Å²) in [4.78, 5) is 4.27. The van der Waals surface area contributed by atoms with Crippen LogP contribution in [0, 0.1) is 30.6 Å². The molecule has 1 N–H and O–H groups in total. The molecule has 1 heterocycles. The largest absolute Gasteiger partial charge is 0.370 e. The second-order valence-electron chi connectivity index (χ2n) is 3.23. The Morgan fingerprint density at radius 1 is 1.53 bits per heavy atom. The summed E-state index contributed by atoms with van der Waals surface area (Å²) in [6, 6.07) is 5.59. The molecule has 0 spiro atoms. The molecule has 1 aromatic rings. The first-order valence-corrected chi connectivity index (χ1v) is 4.82. The number of nitrogens with zero attached hydrogens (tertiary/aromatic N) is 2. The summed E-state index contributed by atoms with van der Waals surface area (Å²) in [6.45, 7) is 2.65. The van der Waals surface area contributed by atoms with Crippen LogP contribution in [0.5, 0.6) is 0 Å². The summed E-state index contributed by atoms with van der Waals surface area (Å²) in [5.41, 5.74) is 1.47. The molecule has 0 radical (unpaired) electrons. The molecule has 0 amide bonds. The molecule has 0 saturated heterocycles. The van der Waals surface area contributed by atoms with Crippen LogP contribution in [-0.4, -0.2) is 11.5 Å². The van der Waals surface area contributed by atoms with Crippen molar-refractivity contribution in [2.24, 2.45) is 0 Å². The van der Waals surface area contributed by atoms with Crippen molar-refractivity contribution in [1.82, 2.24) is 4.98 Å². The van der Waals surface area contributed by atoms with E-state index < -0.39 is 0 Å². The fraction of sp³-hybridized carbons (Fsp3) is 0.333. The quantitative estimate of drug-likeness (QED) is 0.596. The summed E-state index contributed by atoms with van der Waals surface area (Å²) < 4.78 is 0. The van der Waals surface area contributed by atoms with Gasteiger partial charge in [-0.25, -0.2) is 4.98 Å². The number of anilines is 1. The van der Waals surface area contributed by atoms with Crippen molar-refractivity contribution in [2.75, 3.05) is 11.9 Å². The fourth-order valence-electron chi connectivity index (χ4n) is 1.23. The number of hydrogen-bond acceptors (Lipinski definition) is 3. The molecule has 0 unspecified atom stereocenters. The average Bonchev–Trinajstić information content (AvgIpc) is 2.23. The third-order valence-electron chi connectivity index (χ3n) is 1.89. The van der Waals surface area contributed by atoms with Gasteiger partial charge in [0, 0.05) is 18.7 Å². The van der Waals surface area contributed by atoms with Gasteiger partial charge in [-0.05, 0) is 25.5 Å². The van der Waals surface area contributed by atoms with Gasteiger partial charge in [-0.2, -0.15) is 5.26 Å². The number of aromatic nitrogens is 1. The molecular weight excluding hydrogens is 186 g/mol. The summed E-state index contributed by atoms with van der Waals surface area (Å²) in [7, 11) is 0. The number of nitriles is 1. The lowest BCUT2D eigenvalue weighted by Gasteiger charge is -2.05. The first kappa shape index (κ1) is 11.1. The maximum atomic E-state index is 8.76. The van der Waals surface area contributed by atoms with Crippen molar-refractivity contribution in [3.63, 3.8) is 0 Å². The molecule has 0 aliphatic heterocycles. The third-order valence-corrected chi connectivity index (χ3v) is 1.89. The molecule has 0 saturated carbocycles. The molecule has 0 fully saturated rings. The Labute approximate surface area is 90.1 Å². The molecular formula is C12H13N3. The second kappa shape index (κ2) is 5.67. The molecule has 0 aromatic carbocycles. The van der Waals surface area contributed by atoms with Gasteiger partial charge >= 0.3 is 0 Å². The molecule has 3 nitrogen and oxygen atoms in total. The van der Waals surface area contributed by atoms with Crippen molar-refractivity contribution in [3.8, 4) is 18.4 Å². The summed E-state index contributed by atoms with van der Waals surface area (Å²) >= 11 is 0. The monoisotopic (exact) mass is 199 g/mol. The topological polar surface area (TPSA) is 48.7 Å². The van der Waals surface area contributed by atoms with E-state index in [0.29, 0.717) is 5.56 Å². The Bertz CT molecular complexity index is 410. The molecule has 76 valence electrons. The van der Waals surface area contributed by atoms with E-state index in [4.69, 9.17) is 11.7 Å². The molecule has 0 atom stereocenters. The van der Waals surface area contributed by atoms with E-state index in [1.54, 1.807) is 12.1 Å². The first-order valence-electron chi connectivity index (χ1n) is 4.82. The minimum Gasteiger partial charge on any atom is -0.370 e. The van der Waals surface area contributed by atoms with Gasteiger partial charge in [-0.15, -0.1) is 12.3 Å². The molecule has 1 aromatic heterocycles. The lowest BCUT2D eigenvalue weighted by atomic mass is 10.2. The first-order chi connectivity index (χ1) is 7.26. The van der Waals surface area contributed by atoms with Crippen LogP contribution in [0.4, 0.5) is 5.82 Å². The van der Waals surface area contributed by atoms with Gasteiger partial charge in [0.2, 0.25) is 0 Å². The van der Waals surface area contributed by atoms with Crippen molar-refractivity contribution in [2.45, 2.75) is 19.8 Å². The Morgan fingerprint density at radius 3 is 3.00 bits per heavy atom. The lowest BCUT2D eigenvalue weighted by Crippen LogP contribution is -2.04. The normalized spacial score (nSPS) is 9.00. The highest BCUT2D eigenvalue weighted by Crippen LogP contribution is 2.09. The maximum Gasteiger partial charge on any atom is 0.127 e. The Morgan fingerprint density at radius 2 is 2.33 bits per heavy atom. The molecule has 3 heteroatoms. The van der Waals surface area contributed by atoms with Gasteiger partial charge in [-0.1, -0.05) is 0 Å². The van der Waals surface area contributed by atoms with E-state index in [2.05, 4.69) is 22.3 Å².